The second-order valence-electron chi connectivity index (χ2n) is 14.7. The number of hydrogen-bond donors (Lipinski definition) is 4. The van der Waals surface area contributed by atoms with E-state index in [1.165, 1.54) is 88.5 Å². The minimum absolute atomic E-state index is 0.00787. The number of Topliss-reactive ketones (excluding diaryl/α,β-unsaturated/α-hetero) is 1. The van der Waals surface area contributed by atoms with E-state index in [0.717, 1.165) is 22.3 Å². The van der Waals surface area contributed by atoms with E-state index in [0.29, 0.717) is 22.6 Å². The lowest BCUT2D eigenvalue weighted by Crippen LogP contribution is -2.12. The maximum absolute atomic E-state index is 12.8. The van der Waals surface area contributed by atoms with Crippen molar-refractivity contribution in [3.8, 4) is 22.5 Å². The molecule has 344 valence electrons. The maximum atomic E-state index is 12.8. The summed E-state index contributed by atoms with van der Waals surface area (Å²) in [5, 5.41) is 8.90. The molecule has 0 saturated heterocycles. The predicted molar refractivity (Wildman–Crippen MR) is 251 cm³/mol. The Bertz CT molecular complexity index is 2980. The zero-order valence-corrected chi connectivity index (χ0v) is 39.7. The molecule has 0 fully saturated rings. The summed E-state index contributed by atoms with van der Waals surface area (Å²) < 4.78 is 81.7. The highest BCUT2D eigenvalue weighted by Crippen LogP contribution is 2.45. The monoisotopic (exact) mass is 965 g/mol. The molecule has 0 aliphatic heterocycles. The summed E-state index contributed by atoms with van der Waals surface area (Å²) in [5.74, 6) is -1.56. The van der Waals surface area contributed by atoms with Crippen LogP contribution in [-0.4, -0.2) is 92.2 Å². The summed E-state index contributed by atoms with van der Waals surface area (Å²) in [6.07, 6.45) is 2.95. The van der Waals surface area contributed by atoms with Gasteiger partial charge in [0.05, 0.1) is 33.6 Å². The molecule has 4 aromatic carbocycles. The molecule has 6 rings (SSSR count). The third kappa shape index (κ3) is 15.0. The van der Waals surface area contributed by atoms with E-state index in [4.69, 9.17) is 26.8 Å². The molecule has 22 heteroatoms. The lowest BCUT2D eigenvalue weighted by Gasteiger charge is -2.11. The van der Waals surface area contributed by atoms with Crippen molar-refractivity contribution < 1.29 is 49.7 Å². The molecule has 0 aliphatic carbocycles. The quantitative estimate of drug-likeness (QED) is 0.0483. The standard InChI is InChI=1S/C22H24N3O5PS.C12H11N3O2.C9H14NO4PS/c1-15-4-8-17(9-5-15)19-13-24-22(23)21(25-19)20(26)12-16-6-10-18(11-7-16)32(28,29)14-31(3,27)30-2;1-7-2-4-8(5-3-7)9-6-14-11(13)10(15-9)12(16)17;1-14-15(2,11)7-16(12,13)9-5-3-8(10)4-6-9/h4-11,13H,12,14H2,1-3H3,(H2,23,24);2-6H,1H3,(H2,13,14)(H,16,17);3-6H,7,10H2,1-2H3. The Morgan fingerprint density at radius 1 is 0.600 bits per heavy atom. The van der Waals surface area contributed by atoms with Crippen molar-refractivity contribution >= 4 is 63.5 Å². The van der Waals surface area contributed by atoms with Crippen LogP contribution < -0.4 is 17.2 Å². The van der Waals surface area contributed by atoms with Crippen molar-refractivity contribution in [2.75, 3.05) is 55.7 Å². The number of nitrogens with two attached hydrogens (primary N) is 3. The van der Waals surface area contributed by atoms with Gasteiger partial charge in [-0.05, 0) is 55.8 Å². The number of nitrogens with zero attached hydrogens (tertiary/aromatic N) is 4. The number of aromatic carboxylic acids is 1. The van der Waals surface area contributed by atoms with Crippen molar-refractivity contribution in [1.82, 2.24) is 19.9 Å². The number of anilines is 3. The lowest BCUT2D eigenvalue weighted by atomic mass is 10.1. The van der Waals surface area contributed by atoms with Gasteiger partial charge in [0.25, 0.3) is 0 Å². The normalized spacial score (nSPS) is 13.1. The van der Waals surface area contributed by atoms with Gasteiger partial charge >= 0.3 is 5.97 Å². The third-order valence-corrected chi connectivity index (χ3v) is 19.2. The summed E-state index contributed by atoms with van der Waals surface area (Å²) in [7, 11) is -11.3. The Hall–Kier alpha value is -6.14. The number of sulfone groups is 2. The van der Waals surface area contributed by atoms with Crippen LogP contribution in [0.5, 0.6) is 0 Å². The molecule has 0 spiro atoms. The van der Waals surface area contributed by atoms with Crippen LogP contribution >= 0.6 is 14.7 Å². The first-order valence-electron chi connectivity index (χ1n) is 19.2. The highest BCUT2D eigenvalue weighted by Gasteiger charge is 2.27. The number of carboxylic acids is 1. The Balaban J connectivity index is 0.000000236. The summed E-state index contributed by atoms with van der Waals surface area (Å²) in [4.78, 5) is 40.1. The number of rotatable bonds is 14. The molecule has 2 heterocycles. The van der Waals surface area contributed by atoms with Gasteiger partial charge in [-0.15, -0.1) is 0 Å². The summed E-state index contributed by atoms with van der Waals surface area (Å²) in [6, 6.07) is 26.8. The fraction of sp³-hybridized carbons (Fsp3) is 0.209. The van der Waals surface area contributed by atoms with Gasteiger partial charge in [-0.1, -0.05) is 71.8 Å². The zero-order valence-electron chi connectivity index (χ0n) is 36.3. The van der Waals surface area contributed by atoms with Crippen LogP contribution in [0.1, 0.15) is 37.7 Å². The molecule has 7 N–H and O–H groups in total. The van der Waals surface area contributed by atoms with Crippen molar-refractivity contribution in [3.05, 3.63) is 138 Å². The van der Waals surface area contributed by atoms with Gasteiger partial charge in [0.1, 0.15) is 16.7 Å². The number of carboxylic acid groups (broad SMARTS) is 1. The number of carbonyl (C=O) groups is 2. The van der Waals surface area contributed by atoms with Gasteiger partial charge in [-0.25, -0.2) is 41.6 Å². The zero-order chi connectivity index (χ0) is 48.3. The summed E-state index contributed by atoms with van der Waals surface area (Å²) >= 11 is 0. The number of hydrogen-bond acceptors (Lipinski definition) is 17. The first kappa shape index (κ1) is 51.5. The number of aromatic nitrogens is 4. The molecule has 0 bridgehead atoms. The van der Waals surface area contributed by atoms with E-state index in [1.807, 2.05) is 62.4 Å². The van der Waals surface area contributed by atoms with E-state index in [1.54, 1.807) is 0 Å². The van der Waals surface area contributed by atoms with Crippen LogP contribution in [0.15, 0.2) is 119 Å². The molecule has 65 heavy (non-hydrogen) atoms. The Morgan fingerprint density at radius 3 is 1.35 bits per heavy atom. The maximum Gasteiger partial charge on any atom is 0.358 e. The minimum atomic E-state index is -3.79. The van der Waals surface area contributed by atoms with Crippen LogP contribution in [0.2, 0.25) is 0 Å². The molecule has 0 radical (unpaired) electrons. The fourth-order valence-electron chi connectivity index (χ4n) is 5.52. The van der Waals surface area contributed by atoms with Gasteiger partial charge in [0, 0.05) is 50.8 Å². The highest BCUT2D eigenvalue weighted by molar-refractivity contribution is 7.98. The van der Waals surface area contributed by atoms with Crippen molar-refractivity contribution in [1.29, 1.82) is 0 Å². The molecule has 6 aromatic rings. The van der Waals surface area contributed by atoms with Crippen LogP contribution in [-0.2, 0) is 44.3 Å². The molecule has 0 aliphatic rings. The van der Waals surface area contributed by atoms with Crippen LogP contribution in [0.25, 0.3) is 22.5 Å². The molecular formula is C43H49N7O11P2S2. The first-order chi connectivity index (χ1) is 30.3. The molecule has 2 aromatic heterocycles. The molecule has 2 unspecified atom stereocenters. The highest BCUT2D eigenvalue weighted by atomic mass is 32.2. The third-order valence-electron chi connectivity index (χ3n) is 9.23. The van der Waals surface area contributed by atoms with Gasteiger partial charge in [-0.3, -0.25) is 13.9 Å². The SMILES string of the molecule is COP(C)(=O)CS(=O)(=O)c1ccc(CC(=O)c2nc(-c3ccc(C)cc3)cnc2N)cc1.COP(C)(=O)CS(=O)(=O)c1ccc(N)cc1.Cc1ccc(-c2cnc(N)c(C(=O)O)n2)cc1. The lowest BCUT2D eigenvalue weighted by molar-refractivity contribution is 0.0691. The topological polar surface area (TPSA) is 305 Å². The molecular weight excluding hydrogens is 917 g/mol. The Labute approximate surface area is 377 Å². The first-order valence-corrected chi connectivity index (χ1v) is 27.0. The smallest absolute Gasteiger partial charge is 0.358 e. The van der Waals surface area contributed by atoms with Crippen molar-refractivity contribution in [2.45, 2.75) is 30.1 Å². The Morgan fingerprint density at radius 2 is 0.969 bits per heavy atom. The summed E-state index contributed by atoms with van der Waals surface area (Å²) in [5.41, 5.74) is 21.5. The number of nitrogen functional groups attached to an aromatic ring is 3. The van der Waals surface area contributed by atoms with Gasteiger partial charge < -0.3 is 31.4 Å². The average Bonchev–Trinajstić information content (AvgIpc) is 3.24. The Kier molecular flexibility index (Phi) is 17.2. The van der Waals surface area contributed by atoms with Gasteiger partial charge in [0.15, 0.2) is 42.8 Å². The van der Waals surface area contributed by atoms with Crippen molar-refractivity contribution in [3.63, 3.8) is 0 Å². The minimum Gasteiger partial charge on any atom is -0.476 e. The van der Waals surface area contributed by atoms with Crippen LogP contribution in [0.4, 0.5) is 17.3 Å². The number of benzene rings is 4. The molecule has 0 amide bonds. The van der Waals surface area contributed by atoms with E-state index in [9.17, 15) is 35.6 Å². The van der Waals surface area contributed by atoms with E-state index in [-0.39, 0.29) is 45.0 Å². The number of aryl methyl sites for hydroxylation is 2. The van der Waals surface area contributed by atoms with E-state index >= 15 is 0 Å². The second kappa shape index (κ2) is 21.7. The van der Waals surface area contributed by atoms with Crippen LogP contribution in [0, 0.1) is 13.8 Å². The molecule has 18 nitrogen and oxygen atoms in total. The van der Waals surface area contributed by atoms with Crippen LogP contribution in [0.3, 0.4) is 0 Å². The predicted octanol–water partition coefficient (Wildman–Crippen LogP) is 7.03. The van der Waals surface area contributed by atoms with Crippen molar-refractivity contribution in [2.24, 2.45) is 0 Å². The molecule has 2 atom stereocenters. The fourth-order valence-corrected chi connectivity index (χ4v) is 13.6. The molecule has 0 saturated carbocycles. The largest absolute Gasteiger partial charge is 0.476 e. The van der Waals surface area contributed by atoms with Gasteiger partial charge in [-0.2, -0.15) is 0 Å². The average molecular weight is 966 g/mol. The van der Waals surface area contributed by atoms with E-state index in [2.05, 4.69) is 24.5 Å². The summed E-state index contributed by atoms with van der Waals surface area (Å²) in [6.45, 7) is 6.51. The number of ketones is 1. The number of carbonyl (C=O) groups excluding carboxylic acids is 1. The van der Waals surface area contributed by atoms with E-state index < -0.39 is 51.4 Å². The van der Waals surface area contributed by atoms with Gasteiger partial charge in [0.2, 0.25) is 14.7 Å². The second-order valence-corrected chi connectivity index (χ2v) is 25.0.